The van der Waals surface area contributed by atoms with E-state index in [0.717, 1.165) is 49.1 Å². The Morgan fingerprint density at radius 1 is 1.17 bits per heavy atom. The van der Waals surface area contributed by atoms with Crippen molar-refractivity contribution in [1.29, 1.82) is 5.26 Å². The highest BCUT2D eigenvalue weighted by Gasteiger charge is 2.42. The van der Waals surface area contributed by atoms with Gasteiger partial charge in [-0.25, -0.2) is 4.79 Å². The van der Waals surface area contributed by atoms with Crippen LogP contribution in [0.1, 0.15) is 57.9 Å². The average Bonchev–Trinajstić information content (AvgIpc) is 2.96. The largest absolute Gasteiger partial charge is 0.481 e. The number of fused-ring (bicyclic) bond motifs is 1. The summed E-state index contributed by atoms with van der Waals surface area (Å²) in [5, 5.41) is 18.4. The lowest BCUT2D eigenvalue weighted by Crippen LogP contribution is -2.37. The number of anilines is 2. The first kappa shape index (κ1) is 28.2. The first-order chi connectivity index (χ1) is 17.2. The van der Waals surface area contributed by atoms with Crippen LogP contribution in [-0.2, 0) is 4.79 Å². The number of rotatable bonds is 11. The summed E-state index contributed by atoms with van der Waals surface area (Å²) in [6.45, 7) is 4.39. The SMILES string of the molecule is CCCCC1(CCCC)CN(c2ccc(C#N)cc2)c2cc(SC)c(OCC(=O)O)cc2S(O)(O)C1. The Morgan fingerprint density at radius 3 is 2.33 bits per heavy atom. The van der Waals surface area contributed by atoms with Gasteiger partial charge in [0, 0.05) is 29.5 Å². The van der Waals surface area contributed by atoms with E-state index in [2.05, 4.69) is 24.8 Å². The number of aliphatic carboxylic acids is 1. The molecule has 2 aromatic rings. The van der Waals surface area contributed by atoms with E-state index in [1.54, 1.807) is 18.2 Å². The number of carbonyl (C=O) groups is 1. The summed E-state index contributed by atoms with van der Waals surface area (Å²) in [6.07, 6.45) is 7.62. The van der Waals surface area contributed by atoms with Crippen LogP contribution < -0.4 is 9.64 Å². The molecule has 0 aliphatic carbocycles. The number of carboxylic acids is 1. The molecule has 0 fully saturated rings. The van der Waals surface area contributed by atoms with Crippen molar-refractivity contribution in [3.63, 3.8) is 0 Å². The second-order valence-electron chi connectivity index (χ2n) is 9.42. The molecule has 3 rings (SSSR count). The molecular formula is C27H36N2O5S2. The van der Waals surface area contributed by atoms with Crippen LogP contribution in [0.15, 0.2) is 46.2 Å². The van der Waals surface area contributed by atoms with Crippen LogP contribution in [0, 0.1) is 16.7 Å². The zero-order chi connectivity index (χ0) is 26.3. The van der Waals surface area contributed by atoms with Gasteiger partial charge in [-0.2, -0.15) is 15.9 Å². The number of benzene rings is 2. The van der Waals surface area contributed by atoms with Gasteiger partial charge in [0.25, 0.3) is 0 Å². The Labute approximate surface area is 219 Å². The normalized spacial score (nSPS) is 16.9. The first-order valence-corrected chi connectivity index (χ1v) is 15.2. The second-order valence-corrected chi connectivity index (χ2v) is 12.3. The Morgan fingerprint density at radius 2 is 1.81 bits per heavy atom. The maximum atomic E-state index is 11.6. The van der Waals surface area contributed by atoms with Gasteiger partial charge in [-0.1, -0.05) is 39.5 Å². The average molecular weight is 533 g/mol. The van der Waals surface area contributed by atoms with Gasteiger partial charge in [0.1, 0.15) is 5.75 Å². The lowest BCUT2D eigenvalue weighted by Gasteiger charge is -2.42. The molecule has 7 nitrogen and oxygen atoms in total. The lowest BCUT2D eigenvalue weighted by atomic mass is 9.79. The highest BCUT2D eigenvalue weighted by atomic mass is 32.3. The molecule has 2 aromatic carbocycles. The summed E-state index contributed by atoms with van der Waals surface area (Å²) in [4.78, 5) is 14.4. The number of nitriles is 1. The van der Waals surface area contributed by atoms with Crippen LogP contribution >= 0.6 is 22.4 Å². The summed E-state index contributed by atoms with van der Waals surface area (Å²) in [7, 11) is -3.22. The van der Waals surface area contributed by atoms with Crippen molar-refractivity contribution in [1.82, 2.24) is 0 Å². The quantitative estimate of drug-likeness (QED) is 0.257. The van der Waals surface area contributed by atoms with Gasteiger partial charge in [-0.05, 0) is 49.4 Å². The van der Waals surface area contributed by atoms with Crippen LogP contribution in [0.4, 0.5) is 11.4 Å². The third-order valence-corrected chi connectivity index (χ3v) is 9.47. The molecule has 0 saturated heterocycles. The van der Waals surface area contributed by atoms with Crippen LogP contribution in [-0.4, -0.2) is 45.3 Å². The van der Waals surface area contributed by atoms with Gasteiger partial charge in [0.15, 0.2) is 6.61 Å². The smallest absolute Gasteiger partial charge is 0.341 e. The molecule has 1 aliphatic rings. The van der Waals surface area contributed by atoms with E-state index in [-0.39, 0.29) is 11.2 Å². The fourth-order valence-corrected chi connectivity index (χ4v) is 7.60. The van der Waals surface area contributed by atoms with Crippen molar-refractivity contribution < 1.29 is 23.7 Å². The van der Waals surface area contributed by atoms with Gasteiger partial charge < -0.3 is 14.7 Å². The molecule has 1 aliphatic heterocycles. The topological polar surface area (TPSA) is 114 Å². The molecule has 9 heteroatoms. The molecule has 0 radical (unpaired) electrons. The van der Waals surface area contributed by atoms with E-state index in [1.807, 2.05) is 24.5 Å². The van der Waals surface area contributed by atoms with Crippen LogP contribution in [0.5, 0.6) is 5.75 Å². The summed E-state index contributed by atoms with van der Waals surface area (Å²) >= 11 is 1.42. The predicted octanol–water partition coefficient (Wildman–Crippen LogP) is 7.37. The Hall–Kier alpha value is -2.38. The zero-order valence-corrected chi connectivity index (χ0v) is 22.8. The van der Waals surface area contributed by atoms with E-state index in [4.69, 9.17) is 9.84 Å². The minimum atomic E-state index is -3.22. The summed E-state index contributed by atoms with van der Waals surface area (Å²) < 4.78 is 28.8. The van der Waals surface area contributed by atoms with Crippen molar-refractivity contribution in [2.24, 2.45) is 5.41 Å². The Balaban J connectivity index is 2.23. The maximum absolute atomic E-state index is 11.6. The molecule has 196 valence electrons. The van der Waals surface area contributed by atoms with Crippen LogP contribution in [0.2, 0.25) is 0 Å². The number of carboxylic acid groups (broad SMARTS) is 1. The van der Waals surface area contributed by atoms with Gasteiger partial charge in [0.2, 0.25) is 0 Å². The zero-order valence-electron chi connectivity index (χ0n) is 21.2. The van der Waals surface area contributed by atoms with Crippen LogP contribution in [0.25, 0.3) is 0 Å². The van der Waals surface area contributed by atoms with Gasteiger partial charge >= 0.3 is 5.97 Å². The third-order valence-electron chi connectivity index (χ3n) is 6.67. The van der Waals surface area contributed by atoms with Crippen molar-refractivity contribution in [2.75, 3.05) is 30.1 Å². The van der Waals surface area contributed by atoms with E-state index < -0.39 is 23.2 Å². The summed E-state index contributed by atoms with van der Waals surface area (Å²) in [5.74, 6) is -0.518. The summed E-state index contributed by atoms with van der Waals surface area (Å²) in [6, 6.07) is 13.0. The molecular weight excluding hydrogens is 496 g/mol. The number of hydrogen-bond acceptors (Lipinski definition) is 7. The summed E-state index contributed by atoms with van der Waals surface area (Å²) in [5.41, 5.74) is 1.79. The highest BCUT2D eigenvalue weighted by molar-refractivity contribution is 8.24. The number of thioether (sulfide) groups is 1. The first-order valence-electron chi connectivity index (χ1n) is 12.3. The van der Waals surface area contributed by atoms with Gasteiger partial charge in [-0.15, -0.1) is 11.8 Å². The third kappa shape index (κ3) is 6.48. The second kappa shape index (κ2) is 12.2. The Bertz CT molecular complexity index is 1090. The molecule has 0 saturated carbocycles. The number of ether oxygens (including phenoxy) is 1. The van der Waals surface area contributed by atoms with E-state index in [9.17, 15) is 19.2 Å². The molecule has 0 amide bonds. The molecule has 0 bridgehead atoms. The minimum Gasteiger partial charge on any atom is -0.481 e. The van der Waals surface area contributed by atoms with Gasteiger partial charge in [0.05, 0.1) is 27.1 Å². The molecule has 3 N–H and O–H groups in total. The van der Waals surface area contributed by atoms with Crippen molar-refractivity contribution in [3.8, 4) is 11.8 Å². The van der Waals surface area contributed by atoms with Crippen molar-refractivity contribution in [3.05, 3.63) is 42.0 Å². The maximum Gasteiger partial charge on any atom is 0.341 e. The molecule has 0 aromatic heterocycles. The van der Waals surface area contributed by atoms with E-state index >= 15 is 0 Å². The fourth-order valence-electron chi connectivity index (χ4n) is 4.86. The predicted molar refractivity (Wildman–Crippen MR) is 147 cm³/mol. The van der Waals surface area contributed by atoms with E-state index in [0.29, 0.717) is 28.4 Å². The Kier molecular flexibility index (Phi) is 9.59. The van der Waals surface area contributed by atoms with Crippen molar-refractivity contribution >= 4 is 39.7 Å². The fraction of sp³-hybridized carbons (Fsp3) is 0.481. The monoisotopic (exact) mass is 532 g/mol. The molecule has 36 heavy (non-hydrogen) atoms. The molecule has 0 spiro atoms. The number of hydrogen-bond donors (Lipinski definition) is 3. The van der Waals surface area contributed by atoms with E-state index in [1.165, 1.54) is 11.8 Å². The minimum absolute atomic E-state index is 0.247. The van der Waals surface area contributed by atoms with Crippen molar-refractivity contribution in [2.45, 2.75) is 62.2 Å². The molecule has 0 unspecified atom stereocenters. The number of unbranched alkanes of at least 4 members (excludes halogenated alkanes) is 2. The molecule has 0 atom stereocenters. The molecule has 1 heterocycles. The number of nitrogens with zero attached hydrogens (tertiary/aromatic N) is 2. The van der Waals surface area contributed by atoms with Gasteiger partial charge in [-0.3, -0.25) is 9.11 Å². The standard InChI is InChI=1S/C27H36N2O5S2/c1-4-6-12-27(13-7-5-2)18-29(21-10-8-20(16-28)9-11-21)22-14-24(35-3)23(34-17-26(30)31)15-25(22)36(32,33)19-27/h8-11,14-15,32-33H,4-7,12-13,17-19H2,1-3H3,(H,30,31). The highest BCUT2D eigenvalue weighted by Crippen LogP contribution is 2.62. The van der Waals surface area contributed by atoms with Crippen LogP contribution in [0.3, 0.4) is 0 Å². The lowest BCUT2D eigenvalue weighted by molar-refractivity contribution is -0.139.